The predicted molar refractivity (Wildman–Crippen MR) is 74.5 cm³/mol. The quantitative estimate of drug-likeness (QED) is 0.635. The zero-order valence-electron chi connectivity index (χ0n) is 12.3. The molecule has 3 aromatic rings. The van der Waals surface area contributed by atoms with Crippen LogP contribution >= 0.6 is 0 Å². The summed E-state index contributed by atoms with van der Waals surface area (Å²) in [7, 11) is 0.849. The summed E-state index contributed by atoms with van der Waals surface area (Å²) in [5.41, 5.74) is -4.04. The van der Waals surface area contributed by atoms with Crippen LogP contribution in [0.1, 0.15) is 11.4 Å². The van der Waals surface area contributed by atoms with Crippen LogP contribution in [0.4, 0.5) is 17.6 Å². The number of benzene rings is 1. The van der Waals surface area contributed by atoms with Crippen molar-refractivity contribution in [1.82, 2.24) is 14.3 Å². The Kier molecular flexibility index (Phi) is 3.36. The van der Waals surface area contributed by atoms with Crippen LogP contribution in [-0.4, -0.2) is 14.3 Å². The first-order valence-corrected chi connectivity index (χ1v) is 6.57. The lowest BCUT2D eigenvalue weighted by atomic mass is 10.2. The van der Waals surface area contributed by atoms with E-state index in [2.05, 4.69) is 5.16 Å². The summed E-state index contributed by atoms with van der Waals surface area (Å²) < 4.78 is 58.2. The number of aryl methyl sites for hydroxylation is 1. The predicted octanol–water partition coefficient (Wildman–Crippen LogP) is 2.14. The van der Waals surface area contributed by atoms with Crippen molar-refractivity contribution >= 4 is 11.0 Å². The van der Waals surface area contributed by atoms with Gasteiger partial charge in [0, 0.05) is 24.6 Å². The molecule has 10 heteroatoms. The standard InChI is InChI=1S/C14H9F4N3O3/c1-6-7-3-9(8(15)4-10(7)24-19-6)21-12(22)5-11(14(16,17)18)20(2)13(21)23/h3-5H,1-2H3. The lowest BCUT2D eigenvalue weighted by Gasteiger charge is -2.14. The van der Waals surface area contributed by atoms with Gasteiger partial charge in [0.25, 0.3) is 5.56 Å². The number of halogens is 4. The third kappa shape index (κ3) is 2.30. The molecule has 0 amide bonds. The van der Waals surface area contributed by atoms with E-state index in [0.717, 1.165) is 19.2 Å². The minimum atomic E-state index is -4.89. The molecule has 2 aromatic heterocycles. The molecule has 1 aromatic carbocycles. The molecule has 0 N–H and O–H groups in total. The van der Waals surface area contributed by atoms with Crippen LogP contribution in [0.5, 0.6) is 0 Å². The molecule has 0 saturated heterocycles. The van der Waals surface area contributed by atoms with E-state index < -0.39 is 34.6 Å². The number of nitrogens with zero attached hydrogens (tertiary/aromatic N) is 3. The number of alkyl halides is 3. The van der Waals surface area contributed by atoms with Crippen molar-refractivity contribution in [3.63, 3.8) is 0 Å². The van der Waals surface area contributed by atoms with Crippen molar-refractivity contribution in [2.75, 3.05) is 0 Å². The molecule has 0 saturated carbocycles. The van der Waals surface area contributed by atoms with Crippen LogP contribution in [0.2, 0.25) is 0 Å². The average Bonchev–Trinajstić information content (AvgIpc) is 2.83. The highest BCUT2D eigenvalue weighted by atomic mass is 19.4. The highest BCUT2D eigenvalue weighted by Gasteiger charge is 2.35. The Bertz CT molecular complexity index is 1080. The van der Waals surface area contributed by atoms with Crippen molar-refractivity contribution in [2.45, 2.75) is 13.1 Å². The summed E-state index contributed by atoms with van der Waals surface area (Å²) >= 11 is 0. The minimum Gasteiger partial charge on any atom is -0.356 e. The second kappa shape index (κ2) is 5.05. The van der Waals surface area contributed by atoms with Gasteiger partial charge in [0.1, 0.15) is 5.69 Å². The zero-order chi connectivity index (χ0) is 17.8. The molecule has 0 aliphatic heterocycles. The van der Waals surface area contributed by atoms with Crippen molar-refractivity contribution in [1.29, 1.82) is 0 Å². The third-order valence-electron chi connectivity index (χ3n) is 3.57. The van der Waals surface area contributed by atoms with Gasteiger partial charge in [-0.15, -0.1) is 0 Å². The van der Waals surface area contributed by atoms with Gasteiger partial charge in [0.05, 0.1) is 11.4 Å². The fourth-order valence-electron chi connectivity index (χ4n) is 2.36. The maximum Gasteiger partial charge on any atom is 0.431 e. The maximum atomic E-state index is 14.2. The van der Waals surface area contributed by atoms with Crippen molar-refractivity contribution in [3.8, 4) is 5.69 Å². The number of fused-ring (bicyclic) bond motifs is 1. The van der Waals surface area contributed by atoms with Gasteiger partial charge in [-0.25, -0.2) is 13.8 Å². The van der Waals surface area contributed by atoms with Gasteiger partial charge in [0.15, 0.2) is 11.4 Å². The second-order valence-electron chi connectivity index (χ2n) is 5.11. The Balaban J connectivity index is 2.37. The van der Waals surface area contributed by atoms with E-state index in [1.54, 1.807) is 6.92 Å². The van der Waals surface area contributed by atoms with E-state index in [-0.39, 0.29) is 16.2 Å². The first-order chi connectivity index (χ1) is 11.1. The normalized spacial score (nSPS) is 12.1. The first kappa shape index (κ1) is 16.0. The summed E-state index contributed by atoms with van der Waals surface area (Å²) in [5.74, 6) is -1.00. The van der Waals surface area contributed by atoms with Gasteiger partial charge in [-0.3, -0.25) is 9.36 Å². The fourth-order valence-corrected chi connectivity index (χ4v) is 2.36. The topological polar surface area (TPSA) is 70.0 Å². The lowest BCUT2D eigenvalue weighted by molar-refractivity contribution is -0.144. The van der Waals surface area contributed by atoms with Crippen molar-refractivity contribution < 1.29 is 22.1 Å². The Morgan fingerprint density at radius 3 is 2.46 bits per heavy atom. The Labute approximate surface area is 130 Å². The summed E-state index contributed by atoms with van der Waals surface area (Å²) in [4.78, 5) is 24.2. The SMILES string of the molecule is Cc1noc2cc(F)c(-n3c(=O)cc(C(F)(F)F)n(C)c3=O)cc12. The maximum absolute atomic E-state index is 14.2. The number of rotatable bonds is 1. The average molecular weight is 343 g/mol. The van der Waals surface area contributed by atoms with Crippen LogP contribution < -0.4 is 11.2 Å². The van der Waals surface area contributed by atoms with E-state index in [9.17, 15) is 27.2 Å². The summed E-state index contributed by atoms with van der Waals surface area (Å²) in [5, 5.41) is 3.95. The van der Waals surface area contributed by atoms with Crippen molar-refractivity contribution in [3.05, 3.63) is 56.2 Å². The fraction of sp³-hybridized carbons (Fsp3) is 0.214. The van der Waals surface area contributed by atoms with E-state index in [1.165, 1.54) is 0 Å². The molecule has 0 spiro atoms. The molecule has 126 valence electrons. The van der Waals surface area contributed by atoms with Gasteiger partial charge in [-0.2, -0.15) is 13.2 Å². The highest BCUT2D eigenvalue weighted by Crippen LogP contribution is 2.27. The van der Waals surface area contributed by atoms with E-state index >= 15 is 0 Å². The van der Waals surface area contributed by atoms with E-state index in [4.69, 9.17) is 4.52 Å². The van der Waals surface area contributed by atoms with Gasteiger partial charge in [-0.05, 0) is 13.0 Å². The number of aromatic nitrogens is 3. The molecule has 3 rings (SSSR count). The molecule has 0 radical (unpaired) electrons. The molecule has 0 bridgehead atoms. The van der Waals surface area contributed by atoms with Gasteiger partial charge < -0.3 is 4.52 Å². The van der Waals surface area contributed by atoms with Gasteiger partial charge >= 0.3 is 11.9 Å². The molecular formula is C14H9F4N3O3. The van der Waals surface area contributed by atoms with Crippen LogP contribution in [0, 0.1) is 12.7 Å². The molecule has 0 atom stereocenters. The van der Waals surface area contributed by atoms with Crippen LogP contribution in [0.15, 0.2) is 32.3 Å². The minimum absolute atomic E-state index is 0.0885. The molecule has 0 unspecified atom stereocenters. The molecule has 2 heterocycles. The molecule has 24 heavy (non-hydrogen) atoms. The zero-order valence-corrected chi connectivity index (χ0v) is 12.3. The Hall–Kier alpha value is -2.91. The Morgan fingerprint density at radius 2 is 1.83 bits per heavy atom. The Morgan fingerprint density at radius 1 is 1.17 bits per heavy atom. The van der Waals surface area contributed by atoms with Crippen LogP contribution in [-0.2, 0) is 13.2 Å². The smallest absolute Gasteiger partial charge is 0.356 e. The van der Waals surface area contributed by atoms with Crippen LogP contribution in [0.3, 0.4) is 0 Å². The summed E-state index contributed by atoms with van der Waals surface area (Å²) in [6.45, 7) is 1.56. The third-order valence-corrected chi connectivity index (χ3v) is 3.57. The summed E-state index contributed by atoms with van der Waals surface area (Å²) in [6.07, 6.45) is -4.89. The molecule has 0 aliphatic rings. The van der Waals surface area contributed by atoms with Crippen LogP contribution in [0.25, 0.3) is 16.7 Å². The van der Waals surface area contributed by atoms with E-state index in [1.807, 2.05) is 0 Å². The van der Waals surface area contributed by atoms with Gasteiger partial charge in [-0.1, -0.05) is 5.16 Å². The highest BCUT2D eigenvalue weighted by molar-refractivity contribution is 5.81. The molecule has 6 nitrogen and oxygen atoms in total. The molecule has 0 aliphatic carbocycles. The molecule has 0 fully saturated rings. The number of hydrogen-bond acceptors (Lipinski definition) is 4. The van der Waals surface area contributed by atoms with Crippen molar-refractivity contribution in [2.24, 2.45) is 7.05 Å². The number of hydrogen-bond donors (Lipinski definition) is 0. The molecular weight excluding hydrogens is 334 g/mol. The largest absolute Gasteiger partial charge is 0.431 e. The second-order valence-corrected chi connectivity index (χ2v) is 5.11. The first-order valence-electron chi connectivity index (χ1n) is 6.57. The lowest BCUT2D eigenvalue weighted by Crippen LogP contribution is -2.41. The van der Waals surface area contributed by atoms with E-state index in [0.29, 0.717) is 15.6 Å². The van der Waals surface area contributed by atoms with Gasteiger partial charge in [0.2, 0.25) is 0 Å². The summed E-state index contributed by atoms with van der Waals surface area (Å²) in [6, 6.07) is 2.28. The monoisotopic (exact) mass is 343 g/mol.